The number of rotatable bonds is 5. The summed E-state index contributed by atoms with van der Waals surface area (Å²) < 4.78 is 0. The van der Waals surface area contributed by atoms with Gasteiger partial charge in [0.2, 0.25) is 0 Å². The Hall–Kier alpha value is -2.35. The van der Waals surface area contributed by atoms with Crippen LogP contribution in [-0.2, 0) is 5.41 Å². The minimum atomic E-state index is 0.0884. The molecule has 2 nitrogen and oxygen atoms in total. The van der Waals surface area contributed by atoms with E-state index in [-0.39, 0.29) is 5.41 Å². The highest BCUT2D eigenvalue weighted by Crippen LogP contribution is 2.60. The summed E-state index contributed by atoms with van der Waals surface area (Å²) in [4.78, 5) is 7.23. The van der Waals surface area contributed by atoms with Crippen molar-refractivity contribution in [3.63, 3.8) is 0 Å². The molecule has 0 N–H and O–H groups in total. The molecule has 0 bridgehead atoms. The van der Waals surface area contributed by atoms with Crippen LogP contribution in [0.2, 0.25) is 0 Å². The lowest BCUT2D eigenvalue weighted by atomic mass is 9.85. The lowest BCUT2D eigenvalue weighted by Crippen LogP contribution is -2.31. The van der Waals surface area contributed by atoms with E-state index in [9.17, 15) is 0 Å². The molecule has 1 saturated carbocycles. The molecule has 1 heterocycles. The summed E-state index contributed by atoms with van der Waals surface area (Å²) in [6, 6.07) is 21.8. The number of amidine groups is 1. The van der Waals surface area contributed by atoms with Gasteiger partial charge in [-0.1, -0.05) is 66.7 Å². The molecule has 116 valence electrons. The van der Waals surface area contributed by atoms with Crippen LogP contribution in [0.3, 0.4) is 0 Å². The second-order valence-corrected chi connectivity index (χ2v) is 6.43. The first-order valence-corrected chi connectivity index (χ1v) is 8.37. The second-order valence-electron chi connectivity index (χ2n) is 6.43. The summed E-state index contributed by atoms with van der Waals surface area (Å²) >= 11 is 0. The van der Waals surface area contributed by atoms with Crippen LogP contribution < -0.4 is 0 Å². The number of hydrogen-bond donors (Lipinski definition) is 0. The first kappa shape index (κ1) is 14.3. The minimum Gasteiger partial charge on any atom is -0.355 e. The van der Waals surface area contributed by atoms with E-state index in [4.69, 9.17) is 4.99 Å². The van der Waals surface area contributed by atoms with Gasteiger partial charge in [0.1, 0.15) is 5.84 Å². The maximum atomic E-state index is 4.84. The molecule has 1 aliphatic heterocycles. The average Bonchev–Trinajstić information content (AvgIpc) is 3.21. The van der Waals surface area contributed by atoms with Gasteiger partial charge in [0.25, 0.3) is 0 Å². The molecule has 2 heteroatoms. The molecule has 23 heavy (non-hydrogen) atoms. The summed E-state index contributed by atoms with van der Waals surface area (Å²) in [5, 5.41) is 0. The van der Waals surface area contributed by atoms with Gasteiger partial charge in [-0.05, 0) is 17.5 Å². The van der Waals surface area contributed by atoms with Gasteiger partial charge in [0.15, 0.2) is 0 Å². The first-order chi connectivity index (χ1) is 11.4. The van der Waals surface area contributed by atoms with Crippen LogP contribution in [0.5, 0.6) is 0 Å². The predicted molar refractivity (Wildman–Crippen MR) is 95.8 cm³/mol. The number of aliphatic imine (C=N–C) groups is 1. The number of nitrogens with zero attached hydrogens (tertiary/aromatic N) is 2. The zero-order valence-electron chi connectivity index (χ0n) is 13.4. The molecular formula is C21H22N2. The van der Waals surface area contributed by atoms with Gasteiger partial charge in [0, 0.05) is 24.4 Å². The summed E-state index contributed by atoms with van der Waals surface area (Å²) in [7, 11) is 0. The van der Waals surface area contributed by atoms with Crippen molar-refractivity contribution in [3.05, 3.63) is 84.4 Å². The summed E-state index contributed by atoms with van der Waals surface area (Å²) in [5.74, 6) is 1.76. The summed E-state index contributed by atoms with van der Waals surface area (Å²) in [6.45, 7) is 6.73. The van der Waals surface area contributed by atoms with E-state index in [1.807, 2.05) is 6.08 Å². The lowest BCUT2D eigenvalue weighted by molar-refractivity contribution is 0.491. The fourth-order valence-electron chi connectivity index (χ4n) is 4.02. The average molecular weight is 302 g/mol. The highest BCUT2D eigenvalue weighted by molar-refractivity contribution is 5.92. The molecule has 2 aromatic rings. The third-order valence-electron chi connectivity index (χ3n) is 5.17. The molecule has 0 spiro atoms. The minimum absolute atomic E-state index is 0.0884. The molecule has 0 saturated heterocycles. The third kappa shape index (κ3) is 2.29. The smallest absolute Gasteiger partial charge is 0.104 e. The molecule has 1 aliphatic carbocycles. The van der Waals surface area contributed by atoms with Crippen molar-refractivity contribution in [2.24, 2.45) is 10.9 Å². The van der Waals surface area contributed by atoms with Crippen LogP contribution in [0.4, 0.5) is 0 Å². The van der Waals surface area contributed by atoms with Gasteiger partial charge in [-0.15, -0.1) is 6.58 Å². The Kier molecular flexibility index (Phi) is 3.53. The Morgan fingerprint density at radius 2 is 1.65 bits per heavy atom. The van der Waals surface area contributed by atoms with E-state index >= 15 is 0 Å². The van der Waals surface area contributed by atoms with Gasteiger partial charge in [0.05, 0.1) is 6.54 Å². The fourth-order valence-corrected chi connectivity index (χ4v) is 4.02. The molecule has 0 amide bonds. The van der Waals surface area contributed by atoms with Gasteiger partial charge in [-0.3, -0.25) is 4.99 Å². The highest BCUT2D eigenvalue weighted by Gasteiger charge is 2.60. The predicted octanol–water partition coefficient (Wildman–Crippen LogP) is 3.89. The largest absolute Gasteiger partial charge is 0.355 e. The van der Waals surface area contributed by atoms with Crippen LogP contribution in [0.25, 0.3) is 0 Å². The van der Waals surface area contributed by atoms with Crippen molar-refractivity contribution in [3.8, 4) is 0 Å². The summed E-state index contributed by atoms with van der Waals surface area (Å²) in [6.07, 6.45) is 3.13. The van der Waals surface area contributed by atoms with Gasteiger partial charge < -0.3 is 4.90 Å². The van der Waals surface area contributed by atoms with Crippen molar-refractivity contribution in [2.45, 2.75) is 11.8 Å². The molecule has 1 atom stereocenters. The van der Waals surface area contributed by atoms with E-state index in [0.717, 1.165) is 26.1 Å². The van der Waals surface area contributed by atoms with Gasteiger partial charge in [-0.2, -0.15) is 0 Å². The number of hydrogen-bond acceptors (Lipinski definition) is 2. The SMILES string of the molecule is C=CCN1CCN=C1C1CC1(c1ccccc1)c1ccccc1. The van der Waals surface area contributed by atoms with Crippen molar-refractivity contribution in [1.82, 2.24) is 4.90 Å². The van der Waals surface area contributed by atoms with Crippen molar-refractivity contribution < 1.29 is 0 Å². The van der Waals surface area contributed by atoms with Gasteiger partial charge in [-0.25, -0.2) is 0 Å². The van der Waals surface area contributed by atoms with E-state index in [1.54, 1.807) is 0 Å². The monoisotopic (exact) mass is 302 g/mol. The Balaban J connectivity index is 1.74. The topological polar surface area (TPSA) is 15.6 Å². The fraction of sp³-hybridized carbons (Fsp3) is 0.286. The maximum Gasteiger partial charge on any atom is 0.104 e. The van der Waals surface area contributed by atoms with Crippen molar-refractivity contribution >= 4 is 5.84 Å². The molecule has 0 radical (unpaired) electrons. The lowest BCUT2D eigenvalue weighted by Gasteiger charge is -2.23. The molecule has 4 rings (SSSR count). The zero-order valence-corrected chi connectivity index (χ0v) is 13.4. The van der Waals surface area contributed by atoms with Crippen LogP contribution in [0.1, 0.15) is 17.5 Å². The molecule has 0 aromatic heterocycles. The van der Waals surface area contributed by atoms with Crippen LogP contribution in [0.15, 0.2) is 78.3 Å². The van der Waals surface area contributed by atoms with Crippen molar-refractivity contribution in [2.75, 3.05) is 19.6 Å². The Morgan fingerprint density at radius 3 is 2.22 bits per heavy atom. The second kappa shape index (κ2) is 5.69. The van der Waals surface area contributed by atoms with Gasteiger partial charge >= 0.3 is 0 Å². The van der Waals surface area contributed by atoms with E-state index in [0.29, 0.717) is 5.92 Å². The van der Waals surface area contributed by atoms with Crippen LogP contribution >= 0.6 is 0 Å². The van der Waals surface area contributed by atoms with Crippen LogP contribution in [-0.4, -0.2) is 30.4 Å². The normalized spacial score (nSPS) is 21.8. The zero-order chi connectivity index (χ0) is 15.7. The van der Waals surface area contributed by atoms with E-state index in [1.165, 1.54) is 17.0 Å². The number of benzene rings is 2. The molecule has 2 aliphatic rings. The standard InChI is InChI=1S/C21H22N2/c1-2-14-23-15-13-22-20(23)19-16-21(19,17-9-5-3-6-10-17)18-11-7-4-8-12-18/h2-12,19H,1,13-16H2. The van der Waals surface area contributed by atoms with E-state index < -0.39 is 0 Å². The maximum absolute atomic E-state index is 4.84. The third-order valence-corrected chi connectivity index (χ3v) is 5.17. The summed E-state index contributed by atoms with van der Waals surface area (Å²) in [5.41, 5.74) is 2.90. The molecular weight excluding hydrogens is 280 g/mol. The first-order valence-electron chi connectivity index (χ1n) is 8.37. The molecule has 2 aromatic carbocycles. The van der Waals surface area contributed by atoms with Crippen LogP contribution in [0, 0.1) is 5.92 Å². The highest BCUT2D eigenvalue weighted by atomic mass is 15.2. The Bertz CT molecular complexity index is 679. The molecule has 1 fully saturated rings. The van der Waals surface area contributed by atoms with Crippen molar-refractivity contribution in [1.29, 1.82) is 0 Å². The Morgan fingerprint density at radius 1 is 1.04 bits per heavy atom. The quantitative estimate of drug-likeness (QED) is 0.765. The molecule has 1 unspecified atom stereocenters. The Labute approximate surface area is 138 Å². The van der Waals surface area contributed by atoms with E-state index in [2.05, 4.69) is 72.1 Å².